The fourth-order valence-electron chi connectivity index (χ4n) is 3.21. The largest absolute Gasteiger partial charge is 0.424 e. The van der Waals surface area contributed by atoms with Gasteiger partial charge in [0.1, 0.15) is 0 Å². The maximum absolute atomic E-state index is 5.83. The Kier molecular flexibility index (Phi) is 4.71. The maximum Gasteiger partial charge on any atom is 0.230 e. The van der Waals surface area contributed by atoms with Crippen LogP contribution in [0.25, 0.3) is 0 Å². The molecule has 2 aliphatic rings. The molecule has 0 radical (unpaired) electrons. The monoisotopic (exact) mass is 277 g/mol. The molecule has 20 heavy (non-hydrogen) atoms. The van der Waals surface area contributed by atoms with E-state index in [2.05, 4.69) is 22.4 Å². The van der Waals surface area contributed by atoms with Crippen molar-refractivity contribution in [2.24, 2.45) is 5.92 Å². The third-order valence-corrected chi connectivity index (χ3v) is 4.76. The Morgan fingerprint density at radius 2 is 1.90 bits per heavy atom. The van der Waals surface area contributed by atoms with Crippen LogP contribution < -0.4 is 5.32 Å². The molecule has 2 aliphatic carbocycles. The summed E-state index contributed by atoms with van der Waals surface area (Å²) in [7, 11) is 0. The van der Waals surface area contributed by atoms with Gasteiger partial charge in [0.2, 0.25) is 11.8 Å². The lowest BCUT2D eigenvalue weighted by molar-refractivity contribution is 0.273. The Hall–Kier alpha value is -0.900. The molecule has 112 valence electrons. The lowest BCUT2D eigenvalue weighted by atomic mass is 9.80. The molecular formula is C16H27N3O. The molecule has 2 fully saturated rings. The number of nitrogens with zero attached hydrogens (tertiary/aromatic N) is 2. The van der Waals surface area contributed by atoms with E-state index in [4.69, 9.17) is 4.42 Å². The Morgan fingerprint density at radius 1 is 1.10 bits per heavy atom. The van der Waals surface area contributed by atoms with Crippen molar-refractivity contribution in [2.45, 2.75) is 83.2 Å². The van der Waals surface area contributed by atoms with E-state index in [9.17, 15) is 0 Å². The van der Waals surface area contributed by atoms with Gasteiger partial charge in [-0.05, 0) is 44.4 Å². The number of unbranched alkanes of at least 4 members (excludes halogenated alkanes) is 1. The fourth-order valence-corrected chi connectivity index (χ4v) is 3.21. The van der Waals surface area contributed by atoms with E-state index in [0.29, 0.717) is 12.0 Å². The fraction of sp³-hybridized carbons (Fsp3) is 0.875. The summed E-state index contributed by atoms with van der Waals surface area (Å²) in [6.07, 6.45) is 11.8. The van der Waals surface area contributed by atoms with Crippen molar-refractivity contribution >= 4 is 0 Å². The zero-order valence-corrected chi connectivity index (χ0v) is 12.6. The normalized spacial score (nSPS) is 26.9. The van der Waals surface area contributed by atoms with Crippen LogP contribution in [-0.2, 0) is 6.54 Å². The highest BCUT2D eigenvalue weighted by Gasteiger charge is 2.26. The molecule has 3 rings (SSSR count). The third kappa shape index (κ3) is 3.81. The Morgan fingerprint density at radius 3 is 2.60 bits per heavy atom. The van der Waals surface area contributed by atoms with Crippen molar-refractivity contribution in [2.75, 3.05) is 0 Å². The second-order valence-electron chi connectivity index (χ2n) is 6.55. The Bertz CT molecular complexity index is 406. The van der Waals surface area contributed by atoms with Crippen LogP contribution in [0, 0.1) is 5.92 Å². The van der Waals surface area contributed by atoms with Crippen LogP contribution in [0.3, 0.4) is 0 Å². The van der Waals surface area contributed by atoms with Crippen LogP contribution in [0.15, 0.2) is 4.42 Å². The number of hydrogen-bond donors (Lipinski definition) is 1. The first kappa shape index (κ1) is 14.1. The van der Waals surface area contributed by atoms with Crippen LogP contribution in [0.5, 0.6) is 0 Å². The van der Waals surface area contributed by atoms with Crippen LogP contribution in [-0.4, -0.2) is 16.2 Å². The molecule has 1 heterocycles. The standard InChI is InChI=1S/C16H27N3O/c1-2-3-4-12-5-7-13(8-6-12)16-19-18-15(20-16)11-17-14-9-10-14/h12-14,17H,2-11H2,1H3. The second kappa shape index (κ2) is 6.70. The first-order chi connectivity index (χ1) is 9.85. The van der Waals surface area contributed by atoms with Gasteiger partial charge in [0.15, 0.2) is 0 Å². The van der Waals surface area contributed by atoms with Gasteiger partial charge in [-0.3, -0.25) is 0 Å². The molecule has 1 N–H and O–H groups in total. The van der Waals surface area contributed by atoms with E-state index in [1.807, 2.05) is 0 Å². The molecule has 2 saturated carbocycles. The van der Waals surface area contributed by atoms with Crippen molar-refractivity contribution < 1.29 is 4.42 Å². The summed E-state index contributed by atoms with van der Waals surface area (Å²) >= 11 is 0. The summed E-state index contributed by atoms with van der Waals surface area (Å²) in [5.41, 5.74) is 0. The third-order valence-electron chi connectivity index (χ3n) is 4.76. The molecule has 0 amide bonds. The molecule has 0 saturated heterocycles. The van der Waals surface area contributed by atoms with E-state index < -0.39 is 0 Å². The molecule has 4 nitrogen and oxygen atoms in total. The van der Waals surface area contributed by atoms with Crippen LogP contribution in [0.4, 0.5) is 0 Å². The molecule has 0 atom stereocenters. The minimum absolute atomic E-state index is 0.509. The summed E-state index contributed by atoms with van der Waals surface area (Å²) < 4.78 is 5.83. The van der Waals surface area contributed by atoms with Gasteiger partial charge < -0.3 is 9.73 Å². The Balaban J connectivity index is 1.45. The van der Waals surface area contributed by atoms with Gasteiger partial charge in [0.05, 0.1) is 6.54 Å². The molecule has 0 spiro atoms. The van der Waals surface area contributed by atoms with Gasteiger partial charge in [-0.15, -0.1) is 10.2 Å². The predicted molar refractivity (Wildman–Crippen MR) is 78.4 cm³/mol. The summed E-state index contributed by atoms with van der Waals surface area (Å²) in [5.74, 6) is 3.09. The van der Waals surface area contributed by atoms with Crippen molar-refractivity contribution in [1.29, 1.82) is 0 Å². The molecule has 0 aromatic carbocycles. The number of nitrogens with one attached hydrogen (secondary N) is 1. The molecule has 1 aromatic heterocycles. The second-order valence-corrected chi connectivity index (χ2v) is 6.55. The van der Waals surface area contributed by atoms with E-state index in [1.165, 1.54) is 57.8 Å². The van der Waals surface area contributed by atoms with Gasteiger partial charge in [0.25, 0.3) is 0 Å². The Labute approximate surface area is 121 Å². The average Bonchev–Trinajstić information content (AvgIpc) is 3.20. The van der Waals surface area contributed by atoms with Crippen LogP contribution >= 0.6 is 0 Å². The summed E-state index contributed by atoms with van der Waals surface area (Å²) in [4.78, 5) is 0. The SMILES string of the molecule is CCCCC1CCC(c2nnc(CNC3CC3)o2)CC1. The van der Waals surface area contributed by atoms with Crippen molar-refractivity contribution in [3.8, 4) is 0 Å². The summed E-state index contributed by atoms with van der Waals surface area (Å²) in [6.45, 7) is 3.02. The maximum atomic E-state index is 5.83. The molecule has 4 heteroatoms. The van der Waals surface area contributed by atoms with Crippen molar-refractivity contribution in [3.63, 3.8) is 0 Å². The number of rotatable bonds is 7. The van der Waals surface area contributed by atoms with Gasteiger partial charge in [0, 0.05) is 12.0 Å². The minimum Gasteiger partial charge on any atom is -0.424 e. The van der Waals surface area contributed by atoms with E-state index >= 15 is 0 Å². The molecule has 0 aliphatic heterocycles. The minimum atomic E-state index is 0.509. The van der Waals surface area contributed by atoms with Gasteiger partial charge >= 0.3 is 0 Å². The zero-order valence-electron chi connectivity index (χ0n) is 12.6. The van der Waals surface area contributed by atoms with E-state index in [0.717, 1.165) is 24.2 Å². The highest BCUT2D eigenvalue weighted by atomic mass is 16.4. The molecule has 0 unspecified atom stereocenters. The van der Waals surface area contributed by atoms with E-state index in [-0.39, 0.29) is 0 Å². The van der Waals surface area contributed by atoms with Crippen molar-refractivity contribution in [1.82, 2.24) is 15.5 Å². The first-order valence-electron chi connectivity index (χ1n) is 8.40. The smallest absolute Gasteiger partial charge is 0.230 e. The topological polar surface area (TPSA) is 51.0 Å². The van der Waals surface area contributed by atoms with Gasteiger partial charge in [-0.2, -0.15) is 0 Å². The molecule has 1 aromatic rings. The highest BCUT2D eigenvalue weighted by Crippen LogP contribution is 2.37. The predicted octanol–water partition coefficient (Wildman–Crippen LogP) is 3.79. The molecular weight excluding hydrogens is 250 g/mol. The van der Waals surface area contributed by atoms with Crippen LogP contribution in [0.1, 0.15) is 82.4 Å². The first-order valence-corrected chi connectivity index (χ1v) is 8.40. The number of hydrogen-bond acceptors (Lipinski definition) is 4. The van der Waals surface area contributed by atoms with E-state index in [1.54, 1.807) is 0 Å². The van der Waals surface area contributed by atoms with Gasteiger partial charge in [-0.1, -0.05) is 26.2 Å². The quantitative estimate of drug-likeness (QED) is 0.824. The molecule has 0 bridgehead atoms. The lowest BCUT2D eigenvalue weighted by Gasteiger charge is -2.26. The average molecular weight is 277 g/mol. The van der Waals surface area contributed by atoms with Gasteiger partial charge in [-0.25, -0.2) is 0 Å². The number of aromatic nitrogens is 2. The highest BCUT2D eigenvalue weighted by molar-refractivity contribution is 4.95. The summed E-state index contributed by atoms with van der Waals surface area (Å²) in [5, 5.41) is 11.9. The lowest BCUT2D eigenvalue weighted by Crippen LogP contribution is -2.15. The zero-order chi connectivity index (χ0) is 13.8. The van der Waals surface area contributed by atoms with Crippen molar-refractivity contribution in [3.05, 3.63) is 11.8 Å². The van der Waals surface area contributed by atoms with Crippen LogP contribution in [0.2, 0.25) is 0 Å². The summed E-state index contributed by atoms with van der Waals surface area (Å²) in [6, 6.07) is 0.694.